The van der Waals surface area contributed by atoms with Crippen molar-refractivity contribution in [2.75, 3.05) is 25.4 Å². The van der Waals surface area contributed by atoms with E-state index in [1.165, 1.54) is 38.1 Å². The van der Waals surface area contributed by atoms with Crippen molar-refractivity contribution in [2.24, 2.45) is 0 Å². The maximum absolute atomic E-state index is 13.9. The molecule has 0 radical (unpaired) electrons. The van der Waals surface area contributed by atoms with Crippen LogP contribution >= 0.6 is 0 Å². The molecule has 0 aliphatic carbocycles. The van der Waals surface area contributed by atoms with Crippen molar-refractivity contribution in [1.82, 2.24) is 9.62 Å². The first kappa shape index (κ1) is 41.3. The molecule has 52 heavy (non-hydrogen) atoms. The van der Waals surface area contributed by atoms with Crippen molar-refractivity contribution in [2.45, 2.75) is 84.9 Å². The fourth-order valence-corrected chi connectivity index (χ4v) is 7.23. The molecule has 5 atom stereocenters. The molecule has 0 saturated carbocycles. The molecule has 0 spiro atoms. The van der Waals surface area contributed by atoms with Crippen molar-refractivity contribution in [3.05, 3.63) is 60.2 Å². The van der Waals surface area contributed by atoms with Gasteiger partial charge in [-0.3, -0.25) is 14.3 Å². The van der Waals surface area contributed by atoms with Crippen LogP contribution in [0, 0.1) is 0 Å². The summed E-state index contributed by atoms with van der Waals surface area (Å²) in [6.07, 6.45) is -3.88. The molecule has 2 aromatic rings. The van der Waals surface area contributed by atoms with E-state index in [-0.39, 0.29) is 17.0 Å². The Bertz CT molecular complexity index is 1740. The van der Waals surface area contributed by atoms with Gasteiger partial charge in [-0.1, -0.05) is 30.3 Å². The van der Waals surface area contributed by atoms with Crippen LogP contribution in [-0.2, 0) is 40.2 Å². The first-order chi connectivity index (χ1) is 23.6. The van der Waals surface area contributed by atoms with Gasteiger partial charge in [0, 0.05) is 18.8 Å². The van der Waals surface area contributed by atoms with Crippen LogP contribution < -0.4 is 11.1 Å². The van der Waals surface area contributed by atoms with Crippen LogP contribution in [-0.4, -0.2) is 148 Å². The van der Waals surface area contributed by atoms with E-state index in [0.717, 1.165) is 11.2 Å². The van der Waals surface area contributed by atoms with Gasteiger partial charge in [-0.25, -0.2) is 13.2 Å². The molecule has 2 heterocycles. The smallest absolute Gasteiger partial charge is 0.404 e. The van der Waals surface area contributed by atoms with Gasteiger partial charge in [0.2, 0.25) is 10.0 Å². The number of Topliss-reactive ketones (excluding diaryl/α,β-unsaturated/α-hetero) is 1. The average Bonchev–Trinajstić information content (AvgIpc) is 3.19. The van der Waals surface area contributed by atoms with E-state index >= 15 is 0 Å². The topological polar surface area (TPSA) is 349 Å². The molecule has 2 aliphatic rings. The number of benzene rings is 2. The Hall–Kier alpha value is -3.43. The molecule has 2 fully saturated rings. The third-order valence-corrected chi connectivity index (χ3v) is 9.99. The zero-order valence-corrected chi connectivity index (χ0v) is 28.7. The normalized spacial score (nSPS) is 27.5. The van der Waals surface area contributed by atoms with Crippen molar-refractivity contribution in [1.29, 1.82) is 0 Å². The highest BCUT2D eigenvalue weighted by Gasteiger charge is 2.98. The number of aliphatic hydroxyl groups is 10. The number of ketones is 1. The van der Waals surface area contributed by atoms with Crippen LogP contribution in [0.4, 0.5) is 10.5 Å². The highest BCUT2D eigenvalue weighted by molar-refractivity contribution is 7.89. The number of carbonyl (C=O) groups is 2. The van der Waals surface area contributed by atoms with E-state index in [1.807, 2.05) is 0 Å². The van der Waals surface area contributed by atoms with Crippen LogP contribution in [0.3, 0.4) is 0 Å². The molecule has 0 bridgehead atoms. The van der Waals surface area contributed by atoms with Gasteiger partial charge >= 0.3 is 29.8 Å². The van der Waals surface area contributed by atoms with Crippen LogP contribution in [0.1, 0.15) is 26.3 Å². The molecule has 290 valence electrons. The molecule has 5 unspecified atom stereocenters. The predicted octanol–water partition coefficient (Wildman–Crippen LogP) is -4.57. The Balaban J connectivity index is 1.77. The minimum absolute atomic E-state index is 0.237. The molecule has 2 aromatic carbocycles. The summed E-state index contributed by atoms with van der Waals surface area (Å²) in [4.78, 5) is 25.3. The second-order valence-corrected chi connectivity index (χ2v) is 15.0. The number of nitrogens with zero attached hydrogens (tertiary/aromatic N) is 1. The highest BCUT2D eigenvalue weighted by atomic mass is 32.2. The lowest BCUT2D eigenvalue weighted by Gasteiger charge is -2.43. The Kier molecular flexibility index (Phi) is 10.9. The van der Waals surface area contributed by atoms with Crippen LogP contribution in [0.15, 0.2) is 59.5 Å². The molecule has 2 saturated heterocycles. The summed E-state index contributed by atoms with van der Waals surface area (Å²) in [6.45, 7) is 1.76. The van der Waals surface area contributed by atoms with E-state index < -0.39 is 94.4 Å². The SMILES string of the molecule is CC(=O)COC(CN(CC(C)(C)O)S(=O)(=O)c1ccc(N)cc1)C(Cc1ccccc1)NC(=O)OC1(O)C(O)(O)OC2(O)OC(O)(O)C(O)(O)C21O. The number of alkyl carbamates (subject to hydrolysis) is 1. The Labute approximate surface area is 295 Å². The van der Waals surface area contributed by atoms with Crippen molar-refractivity contribution in [3.63, 3.8) is 0 Å². The third-order valence-electron chi connectivity index (χ3n) is 8.17. The maximum atomic E-state index is 13.9. The summed E-state index contributed by atoms with van der Waals surface area (Å²) in [7, 11) is -4.50. The number of amides is 1. The van der Waals surface area contributed by atoms with Gasteiger partial charge in [0.25, 0.3) is 11.4 Å². The van der Waals surface area contributed by atoms with E-state index in [9.17, 15) is 69.1 Å². The quantitative estimate of drug-likeness (QED) is 0.0636. The van der Waals surface area contributed by atoms with Gasteiger partial charge in [-0.05, 0) is 57.0 Å². The zero-order valence-electron chi connectivity index (χ0n) is 27.9. The molecular weight excluding hydrogens is 722 g/mol. The maximum Gasteiger partial charge on any atom is 0.410 e. The monoisotopic (exact) mass is 763 g/mol. The minimum atomic E-state index is -4.71. The zero-order chi connectivity index (χ0) is 39.3. The lowest BCUT2D eigenvalue weighted by atomic mass is 9.83. The first-order valence-corrected chi connectivity index (χ1v) is 16.7. The number of rotatable bonds is 14. The number of anilines is 1. The van der Waals surface area contributed by atoms with Gasteiger partial charge in [0.1, 0.15) is 6.61 Å². The predicted molar refractivity (Wildman–Crippen MR) is 168 cm³/mol. The van der Waals surface area contributed by atoms with Gasteiger partial charge in [-0.15, -0.1) is 0 Å². The number of hydrogen-bond acceptors (Lipinski definition) is 19. The fourth-order valence-electron chi connectivity index (χ4n) is 5.62. The van der Waals surface area contributed by atoms with Gasteiger partial charge in [0.15, 0.2) is 5.78 Å². The highest BCUT2D eigenvalue weighted by Crippen LogP contribution is 2.61. The molecule has 4 rings (SSSR count). The largest absolute Gasteiger partial charge is 0.410 e. The Morgan fingerprint density at radius 3 is 2.02 bits per heavy atom. The minimum Gasteiger partial charge on any atom is -0.404 e. The lowest BCUT2D eigenvalue weighted by molar-refractivity contribution is -0.530. The first-order valence-electron chi connectivity index (χ1n) is 15.3. The van der Waals surface area contributed by atoms with Gasteiger partial charge in [0.05, 0.1) is 22.6 Å². The van der Waals surface area contributed by atoms with E-state index in [4.69, 9.17) is 10.5 Å². The Morgan fingerprint density at radius 1 is 0.923 bits per heavy atom. The van der Waals surface area contributed by atoms with E-state index in [2.05, 4.69) is 19.5 Å². The number of nitrogens with one attached hydrogen (secondary N) is 1. The average molecular weight is 764 g/mol. The number of ether oxygens (including phenoxy) is 4. The van der Waals surface area contributed by atoms with Gasteiger partial charge < -0.3 is 71.6 Å². The van der Waals surface area contributed by atoms with E-state index in [1.54, 1.807) is 30.3 Å². The summed E-state index contributed by atoms with van der Waals surface area (Å²) in [5.41, 5.74) is 0.0596. The van der Waals surface area contributed by atoms with Crippen LogP contribution in [0.25, 0.3) is 0 Å². The fraction of sp³-hybridized carbons (Fsp3) is 0.533. The molecular formula is C30H41N3O18S. The second kappa shape index (κ2) is 13.8. The summed E-state index contributed by atoms with van der Waals surface area (Å²) < 4.78 is 47.3. The number of fused-ring (bicyclic) bond motifs is 1. The Morgan fingerprint density at radius 2 is 1.48 bits per heavy atom. The number of nitrogen functional groups attached to an aromatic ring is 1. The number of carbonyl (C=O) groups excluding carboxylic acids is 2. The molecule has 21 nitrogen and oxygen atoms in total. The molecule has 22 heteroatoms. The number of sulfonamides is 1. The summed E-state index contributed by atoms with van der Waals surface area (Å²) >= 11 is 0. The van der Waals surface area contributed by atoms with Crippen molar-refractivity contribution in [3.8, 4) is 0 Å². The number of nitrogens with two attached hydrogens (primary N) is 1. The summed E-state index contributed by atoms with van der Waals surface area (Å²) in [5.74, 6) is -23.1. The standard InChI is InChI=1S/C30H41N3O18S/c1-17(34)15-48-22(14-33(16-24(2,3)36)52(46,47)20-11-9-19(31)10-12-20)21(13-18-7-5-4-6-8-18)32-23(35)49-27(40)25(37)26(38,39)28(41,42)50-30(25,45)51-29(27,43)44/h4-12,21-22,36-45H,13-16,31H2,1-3H3,(H,32,35). The second-order valence-electron chi connectivity index (χ2n) is 13.1. The summed E-state index contributed by atoms with van der Waals surface area (Å²) in [5, 5.41) is 107. The van der Waals surface area contributed by atoms with Crippen molar-refractivity contribution >= 4 is 27.6 Å². The van der Waals surface area contributed by atoms with Crippen LogP contribution in [0.2, 0.25) is 0 Å². The molecule has 0 aromatic heterocycles. The third kappa shape index (κ3) is 7.37. The van der Waals surface area contributed by atoms with E-state index in [0.29, 0.717) is 5.56 Å². The molecule has 2 aliphatic heterocycles. The molecule has 13 N–H and O–H groups in total. The molecule has 1 amide bonds. The summed E-state index contributed by atoms with van der Waals surface area (Å²) in [6, 6.07) is 11.4. The lowest BCUT2D eigenvalue weighted by Crippen LogP contribution is -2.78. The number of hydrogen-bond donors (Lipinski definition) is 12. The van der Waals surface area contributed by atoms with Crippen LogP contribution in [0.5, 0.6) is 0 Å². The van der Waals surface area contributed by atoms with Crippen molar-refractivity contribution < 1.29 is 88.0 Å². The van der Waals surface area contributed by atoms with Gasteiger partial charge in [-0.2, -0.15) is 4.31 Å².